The van der Waals surface area contributed by atoms with Gasteiger partial charge in [-0.1, -0.05) is 23.4 Å². The van der Waals surface area contributed by atoms with Crippen molar-refractivity contribution in [2.75, 3.05) is 11.9 Å². The van der Waals surface area contributed by atoms with Crippen LogP contribution in [-0.4, -0.2) is 31.0 Å². The number of rotatable bonds is 7. The molecule has 0 saturated heterocycles. The van der Waals surface area contributed by atoms with Gasteiger partial charge in [-0.2, -0.15) is 0 Å². The Hall–Kier alpha value is -3.24. The Labute approximate surface area is 166 Å². The number of carbonyl (C=O) groups excluding carboxylic acids is 1. The summed E-state index contributed by atoms with van der Waals surface area (Å²) in [4.78, 5) is 26.2. The van der Waals surface area contributed by atoms with Crippen LogP contribution in [0.2, 0.25) is 0 Å². The average molecular weight is 414 g/mol. The van der Waals surface area contributed by atoms with Gasteiger partial charge < -0.3 is 5.32 Å². The summed E-state index contributed by atoms with van der Waals surface area (Å²) in [7, 11) is -3.67. The lowest BCUT2D eigenvalue weighted by atomic mass is 10.1. The van der Waals surface area contributed by atoms with E-state index >= 15 is 0 Å². The Balaban J connectivity index is 1.51. The predicted molar refractivity (Wildman–Crippen MR) is 105 cm³/mol. The first-order valence-corrected chi connectivity index (χ1v) is 10.5. The minimum Gasteiger partial charge on any atom is -0.322 e. The summed E-state index contributed by atoms with van der Waals surface area (Å²) in [6.45, 7) is 0.412. The molecule has 1 aromatic heterocycles. The van der Waals surface area contributed by atoms with Crippen molar-refractivity contribution in [3.8, 4) is 11.4 Å². The van der Waals surface area contributed by atoms with Crippen molar-refractivity contribution in [3.63, 3.8) is 0 Å². The maximum atomic E-state index is 12.6. The molecule has 1 aliphatic rings. The molecule has 1 heterocycles. The van der Waals surface area contributed by atoms with E-state index in [0.717, 1.165) is 12.8 Å². The molecule has 0 atom stereocenters. The summed E-state index contributed by atoms with van der Waals surface area (Å²) in [5, 5.41) is 6.32. The van der Waals surface area contributed by atoms with Gasteiger partial charge in [0, 0.05) is 23.4 Å². The van der Waals surface area contributed by atoms with Crippen molar-refractivity contribution < 1.29 is 17.7 Å². The standard InChI is InChI=1S/C19H18N4O5S/c24-18(21-15-5-1-3-13(9-15)17-22-19(25)28-23-17)14-4-2-6-16(10-14)29(26,27)20-11-12-7-8-12/h1-6,9-10,12,20H,7-8,11H2,(H,21,24)(H,22,23,25). The minimum absolute atomic E-state index is 0.0414. The van der Waals surface area contributed by atoms with Crippen LogP contribution in [0.3, 0.4) is 0 Å². The van der Waals surface area contributed by atoms with Crippen molar-refractivity contribution in [2.45, 2.75) is 17.7 Å². The Kier molecular flexibility index (Phi) is 5.03. The zero-order valence-corrected chi connectivity index (χ0v) is 16.0. The zero-order valence-electron chi connectivity index (χ0n) is 15.2. The first-order chi connectivity index (χ1) is 13.9. The van der Waals surface area contributed by atoms with Crippen LogP contribution in [0.25, 0.3) is 11.4 Å². The highest BCUT2D eigenvalue weighted by molar-refractivity contribution is 7.89. The Bertz CT molecular complexity index is 1210. The SMILES string of the molecule is O=C(Nc1cccc(-c2noc(=O)[nH]2)c1)c1cccc(S(=O)(=O)NCC2CC2)c1. The van der Waals surface area contributed by atoms with Crippen molar-refractivity contribution in [1.29, 1.82) is 0 Å². The highest BCUT2D eigenvalue weighted by Gasteiger charge is 2.24. The van der Waals surface area contributed by atoms with E-state index in [4.69, 9.17) is 0 Å². The topological polar surface area (TPSA) is 134 Å². The lowest BCUT2D eigenvalue weighted by molar-refractivity contribution is 0.102. The third-order valence-electron chi connectivity index (χ3n) is 4.50. The van der Waals surface area contributed by atoms with Crippen LogP contribution in [0.4, 0.5) is 5.69 Å². The summed E-state index contributed by atoms with van der Waals surface area (Å²) in [5.41, 5.74) is 1.21. The quantitative estimate of drug-likeness (QED) is 0.541. The number of aromatic amines is 1. The second-order valence-electron chi connectivity index (χ2n) is 6.80. The van der Waals surface area contributed by atoms with Crippen LogP contribution < -0.4 is 15.8 Å². The first kappa shape index (κ1) is 19.1. The number of aromatic nitrogens is 2. The number of hydrogen-bond acceptors (Lipinski definition) is 6. The van der Waals surface area contributed by atoms with E-state index in [-0.39, 0.29) is 16.3 Å². The van der Waals surface area contributed by atoms with Crippen molar-refractivity contribution in [1.82, 2.24) is 14.9 Å². The van der Waals surface area contributed by atoms with Crippen LogP contribution in [0, 0.1) is 5.92 Å². The molecule has 1 amide bonds. The maximum absolute atomic E-state index is 12.6. The monoisotopic (exact) mass is 414 g/mol. The minimum atomic E-state index is -3.67. The molecular formula is C19H18N4O5S. The number of sulfonamides is 1. The fourth-order valence-electron chi connectivity index (χ4n) is 2.74. The number of anilines is 1. The normalized spacial score (nSPS) is 13.9. The van der Waals surface area contributed by atoms with E-state index in [2.05, 4.69) is 24.7 Å². The molecule has 0 radical (unpaired) electrons. The van der Waals surface area contributed by atoms with Crippen molar-refractivity contribution in [3.05, 3.63) is 64.6 Å². The maximum Gasteiger partial charge on any atom is 0.439 e. The fourth-order valence-corrected chi connectivity index (χ4v) is 3.90. The molecule has 9 nitrogen and oxygen atoms in total. The second kappa shape index (κ2) is 7.64. The number of amides is 1. The van der Waals surface area contributed by atoms with E-state index in [1.54, 1.807) is 24.3 Å². The number of nitrogens with zero attached hydrogens (tertiary/aromatic N) is 1. The molecule has 1 aliphatic carbocycles. The van der Waals surface area contributed by atoms with E-state index < -0.39 is 21.7 Å². The summed E-state index contributed by atoms with van der Waals surface area (Å²) in [5.74, 6) is -0.498. The number of H-pyrrole nitrogens is 1. The number of carbonyl (C=O) groups is 1. The van der Waals surface area contributed by atoms with Crippen LogP contribution in [0.1, 0.15) is 23.2 Å². The Morgan fingerprint density at radius 1 is 1.17 bits per heavy atom. The van der Waals surface area contributed by atoms with Gasteiger partial charge in [0.15, 0.2) is 5.82 Å². The van der Waals surface area contributed by atoms with Crippen LogP contribution >= 0.6 is 0 Å². The highest BCUT2D eigenvalue weighted by Crippen LogP contribution is 2.28. The van der Waals surface area contributed by atoms with Crippen molar-refractivity contribution >= 4 is 21.6 Å². The third kappa shape index (κ3) is 4.61. The molecule has 0 unspecified atom stereocenters. The summed E-state index contributed by atoms with van der Waals surface area (Å²) >= 11 is 0. The van der Waals surface area contributed by atoms with Gasteiger partial charge in [0.05, 0.1) is 4.90 Å². The van der Waals surface area contributed by atoms with Gasteiger partial charge in [-0.05, 0) is 49.1 Å². The van der Waals surface area contributed by atoms with Crippen LogP contribution in [0.15, 0.2) is 62.7 Å². The molecule has 150 valence electrons. The molecule has 1 fully saturated rings. The van der Waals surface area contributed by atoms with Gasteiger partial charge in [-0.3, -0.25) is 14.3 Å². The summed E-state index contributed by atoms with van der Waals surface area (Å²) < 4.78 is 31.9. The third-order valence-corrected chi connectivity index (χ3v) is 5.92. The average Bonchev–Trinajstić information content (AvgIpc) is 3.45. The molecule has 0 spiro atoms. The Morgan fingerprint density at radius 2 is 1.97 bits per heavy atom. The molecule has 0 bridgehead atoms. The number of hydrogen-bond donors (Lipinski definition) is 3. The van der Waals surface area contributed by atoms with Gasteiger partial charge in [0.25, 0.3) is 5.91 Å². The Morgan fingerprint density at radius 3 is 2.69 bits per heavy atom. The molecule has 3 aromatic rings. The lowest BCUT2D eigenvalue weighted by Gasteiger charge is -2.09. The van der Waals surface area contributed by atoms with Gasteiger partial charge >= 0.3 is 5.76 Å². The smallest absolute Gasteiger partial charge is 0.322 e. The van der Waals surface area contributed by atoms with Crippen molar-refractivity contribution in [2.24, 2.45) is 5.92 Å². The van der Waals surface area contributed by atoms with E-state index in [1.807, 2.05) is 0 Å². The van der Waals surface area contributed by atoms with Crippen LogP contribution in [-0.2, 0) is 10.0 Å². The fraction of sp³-hybridized carbons (Fsp3) is 0.211. The molecule has 2 aromatic carbocycles. The lowest BCUT2D eigenvalue weighted by Crippen LogP contribution is -2.26. The summed E-state index contributed by atoms with van der Waals surface area (Å²) in [6, 6.07) is 12.5. The first-order valence-electron chi connectivity index (χ1n) is 8.98. The summed E-state index contributed by atoms with van der Waals surface area (Å²) in [6.07, 6.45) is 2.07. The van der Waals surface area contributed by atoms with Gasteiger partial charge in [-0.15, -0.1) is 0 Å². The zero-order chi connectivity index (χ0) is 20.4. The van der Waals surface area contributed by atoms with Gasteiger partial charge in [-0.25, -0.2) is 17.9 Å². The predicted octanol–water partition coefficient (Wildman–Crippen LogP) is 1.97. The molecule has 29 heavy (non-hydrogen) atoms. The second-order valence-corrected chi connectivity index (χ2v) is 8.57. The largest absolute Gasteiger partial charge is 0.439 e. The molecular weight excluding hydrogens is 396 g/mol. The van der Waals surface area contributed by atoms with E-state index in [0.29, 0.717) is 23.7 Å². The molecule has 4 rings (SSSR count). The number of nitrogens with one attached hydrogen (secondary N) is 3. The highest BCUT2D eigenvalue weighted by atomic mass is 32.2. The molecule has 1 saturated carbocycles. The number of benzene rings is 2. The van der Waals surface area contributed by atoms with E-state index in [9.17, 15) is 18.0 Å². The molecule has 3 N–H and O–H groups in total. The molecule has 10 heteroatoms. The van der Waals surface area contributed by atoms with E-state index in [1.165, 1.54) is 24.3 Å². The molecule has 0 aliphatic heterocycles. The van der Waals surface area contributed by atoms with Gasteiger partial charge in [0.2, 0.25) is 10.0 Å². The van der Waals surface area contributed by atoms with Gasteiger partial charge in [0.1, 0.15) is 0 Å². The van der Waals surface area contributed by atoms with Crippen LogP contribution in [0.5, 0.6) is 0 Å².